The van der Waals surface area contributed by atoms with Gasteiger partial charge in [0.15, 0.2) is 0 Å². The molecule has 2 saturated heterocycles. The number of hydrogen-bond acceptors (Lipinski definition) is 5. The fourth-order valence-corrected chi connectivity index (χ4v) is 5.83. The van der Waals surface area contributed by atoms with Crippen molar-refractivity contribution in [3.63, 3.8) is 0 Å². The van der Waals surface area contributed by atoms with Gasteiger partial charge in [-0.3, -0.25) is 9.47 Å². The van der Waals surface area contributed by atoms with Gasteiger partial charge in [0.25, 0.3) is 0 Å². The van der Waals surface area contributed by atoms with Crippen molar-refractivity contribution >= 4 is 16.9 Å². The Balaban J connectivity index is 0.000000582. The number of piperazine rings is 1. The second-order valence-electron chi connectivity index (χ2n) is 10.8. The van der Waals surface area contributed by atoms with E-state index in [1.54, 1.807) is 35.9 Å². The van der Waals surface area contributed by atoms with Crippen LogP contribution in [0.4, 0.5) is 14.6 Å². The lowest BCUT2D eigenvalue weighted by Gasteiger charge is -2.48. The maximum atomic E-state index is 13.7. The molecule has 2 atom stereocenters. The number of aryl methyl sites for hydroxylation is 2. The molecule has 9 heteroatoms. The average molecular weight is 550 g/mol. The van der Waals surface area contributed by atoms with Crippen LogP contribution in [-0.2, 0) is 18.8 Å². The van der Waals surface area contributed by atoms with Crippen LogP contribution in [0, 0.1) is 11.6 Å². The summed E-state index contributed by atoms with van der Waals surface area (Å²) in [6.07, 6.45) is 4.50. The lowest BCUT2D eigenvalue weighted by Crippen LogP contribution is -2.58. The Morgan fingerprint density at radius 3 is 1.95 bits per heavy atom. The summed E-state index contributed by atoms with van der Waals surface area (Å²) < 4.78 is 35.9. The van der Waals surface area contributed by atoms with Crippen molar-refractivity contribution in [3.05, 3.63) is 94.0 Å². The standard InChI is InChI=1S/C27H29F2N5O.C4H8O/c1-17-16-34(25-23-13-14-31(3)26(23)32(4)27(35)30-25)18(2)15-33(17)24(19-5-9-21(28)10-6-19)20-7-11-22(29)12-8-20;1-2-4-5-3-1/h5-14,17-18,24H,15-16H2,1-4H3;1-4H2/t17-,18+;/m1./s1. The Bertz CT molecular complexity index is 1440. The van der Waals surface area contributed by atoms with Gasteiger partial charge < -0.3 is 14.2 Å². The van der Waals surface area contributed by atoms with Crippen molar-refractivity contribution in [2.24, 2.45) is 14.1 Å². The highest BCUT2D eigenvalue weighted by Gasteiger charge is 2.36. The second-order valence-corrected chi connectivity index (χ2v) is 10.8. The van der Waals surface area contributed by atoms with Crippen LogP contribution in [0.5, 0.6) is 0 Å². The molecule has 0 aliphatic carbocycles. The molecule has 2 aromatic heterocycles. The van der Waals surface area contributed by atoms with E-state index in [4.69, 9.17) is 4.74 Å². The lowest BCUT2D eigenvalue weighted by molar-refractivity contribution is 0.129. The van der Waals surface area contributed by atoms with Crippen molar-refractivity contribution in [2.45, 2.75) is 44.8 Å². The van der Waals surface area contributed by atoms with E-state index in [0.29, 0.717) is 18.9 Å². The van der Waals surface area contributed by atoms with E-state index in [0.717, 1.165) is 35.4 Å². The minimum atomic E-state index is -0.290. The molecule has 0 spiro atoms. The molecule has 2 fully saturated rings. The summed E-state index contributed by atoms with van der Waals surface area (Å²) >= 11 is 0. The van der Waals surface area contributed by atoms with Crippen LogP contribution < -0.4 is 10.6 Å². The van der Waals surface area contributed by atoms with Gasteiger partial charge in [-0.05, 0) is 68.1 Å². The van der Waals surface area contributed by atoms with E-state index in [9.17, 15) is 13.6 Å². The van der Waals surface area contributed by atoms with Gasteiger partial charge in [-0.1, -0.05) is 24.3 Å². The lowest BCUT2D eigenvalue weighted by atomic mass is 9.93. The van der Waals surface area contributed by atoms with E-state index in [1.165, 1.54) is 37.1 Å². The Morgan fingerprint density at radius 2 is 1.43 bits per heavy atom. The molecular formula is C31H37F2N5O2. The second kappa shape index (κ2) is 11.9. The van der Waals surface area contributed by atoms with E-state index in [2.05, 4.69) is 28.6 Å². The van der Waals surface area contributed by atoms with Gasteiger partial charge in [0.05, 0.1) is 11.4 Å². The number of fused-ring (bicyclic) bond motifs is 1. The Morgan fingerprint density at radius 1 is 0.850 bits per heavy atom. The van der Waals surface area contributed by atoms with Gasteiger partial charge in [-0.25, -0.2) is 13.6 Å². The summed E-state index contributed by atoms with van der Waals surface area (Å²) in [5, 5.41) is 0.940. The Labute approximate surface area is 233 Å². The highest BCUT2D eigenvalue weighted by molar-refractivity contribution is 5.88. The van der Waals surface area contributed by atoms with Crippen LogP contribution in [0.15, 0.2) is 65.6 Å². The van der Waals surface area contributed by atoms with E-state index >= 15 is 0 Å². The molecule has 0 unspecified atom stereocenters. The van der Waals surface area contributed by atoms with Gasteiger partial charge in [-0.2, -0.15) is 4.98 Å². The van der Waals surface area contributed by atoms with Gasteiger partial charge >= 0.3 is 5.69 Å². The predicted octanol–water partition coefficient (Wildman–Crippen LogP) is 5.04. The summed E-state index contributed by atoms with van der Waals surface area (Å²) in [7, 11) is 3.66. The Hall–Kier alpha value is -3.56. The van der Waals surface area contributed by atoms with Crippen LogP contribution >= 0.6 is 0 Å². The minimum Gasteiger partial charge on any atom is -0.381 e. The zero-order valence-corrected chi connectivity index (χ0v) is 23.6. The molecule has 0 amide bonds. The van der Waals surface area contributed by atoms with Crippen LogP contribution in [0.25, 0.3) is 11.0 Å². The van der Waals surface area contributed by atoms with Crippen LogP contribution in [0.2, 0.25) is 0 Å². The maximum Gasteiger partial charge on any atom is 0.350 e. The summed E-state index contributed by atoms with van der Waals surface area (Å²) in [5.41, 5.74) is 2.44. The van der Waals surface area contributed by atoms with E-state index in [-0.39, 0.29) is 35.4 Å². The summed E-state index contributed by atoms with van der Waals surface area (Å²) in [6.45, 7) is 7.61. The van der Waals surface area contributed by atoms with Gasteiger partial charge in [0, 0.05) is 58.7 Å². The zero-order chi connectivity index (χ0) is 28.4. The van der Waals surface area contributed by atoms with E-state index in [1.807, 2.05) is 23.9 Å². The number of ether oxygens (including phenoxy) is 1. The molecule has 2 aliphatic rings. The normalized spacial score (nSPS) is 19.7. The smallest absolute Gasteiger partial charge is 0.350 e. The number of aromatic nitrogens is 3. The third-order valence-corrected chi connectivity index (χ3v) is 7.92. The van der Waals surface area contributed by atoms with Crippen molar-refractivity contribution in [1.82, 2.24) is 19.0 Å². The number of rotatable bonds is 4. The number of nitrogens with zero attached hydrogens (tertiary/aromatic N) is 5. The fourth-order valence-electron chi connectivity index (χ4n) is 5.83. The van der Waals surface area contributed by atoms with Crippen molar-refractivity contribution in [3.8, 4) is 0 Å². The average Bonchev–Trinajstić information content (AvgIpc) is 3.65. The van der Waals surface area contributed by atoms with Crippen molar-refractivity contribution in [2.75, 3.05) is 31.2 Å². The molecule has 0 radical (unpaired) electrons. The number of anilines is 1. The molecular weight excluding hydrogens is 512 g/mol. The first-order valence-electron chi connectivity index (χ1n) is 13.9. The first kappa shape index (κ1) is 28.0. The van der Waals surface area contributed by atoms with Crippen LogP contribution in [0.3, 0.4) is 0 Å². The van der Waals surface area contributed by atoms with Crippen molar-refractivity contribution < 1.29 is 13.5 Å². The molecule has 6 rings (SSSR count). The maximum absolute atomic E-state index is 13.7. The number of benzene rings is 2. The summed E-state index contributed by atoms with van der Waals surface area (Å²) in [4.78, 5) is 21.7. The summed E-state index contributed by atoms with van der Waals surface area (Å²) in [6, 6.07) is 15.0. The van der Waals surface area contributed by atoms with Gasteiger partial charge in [0.1, 0.15) is 23.1 Å². The first-order chi connectivity index (χ1) is 19.2. The third-order valence-electron chi connectivity index (χ3n) is 7.92. The van der Waals surface area contributed by atoms with Crippen molar-refractivity contribution in [1.29, 1.82) is 0 Å². The quantitative estimate of drug-likeness (QED) is 0.357. The van der Waals surface area contributed by atoms with Crippen LogP contribution in [-0.4, -0.2) is 57.4 Å². The molecule has 7 nitrogen and oxygen atoms in total. The monoisotopic (exact) mass is 549 g/mol. The topological polar surface area (TPSA) is 55.5 Å². The third kappa shape index (κ3) is 5.67. The molecule has 40 heavy (non-hydrogen) atoms. The zero-order valence-electron chi connectivity index (χ0n) is 23.6. The summed E-state index contributed by atoms with van der Waals surface area (Å²) in [5.74, 6) is 0.116. The SMILES string of the molecule is C1CCOC1.C[C@@H]1CN(c2nc(=O)n(C)c3c2ccn3C)[C@@H](C)CN1C(c1ccc(F)cc1)c1ccc(F)cc1. The molecule has 0 N–H and O–H groups in total. The number of hydrogen-bond donors (Lipinski definition) is 0. The Kier molecular flexibility index (Phi) is 8.32. The van der Waals surface area contributed by atoms with Gasteiger partial charge in [0.2, 0.25) is 0 Å². The predicted molar refractivity (Wildman–Crippen MR) is 154 cm³/mol. The highest BCUT2D eigenvalue weighted by Crippen LogP contribution is 2.35. The minimum absolute atomic E-state index is 0.0533. The first-order valence-corrected chi connectivity index (χ1v) is 13.9. The molecule has 212 valence electrons. The molecule has 0 saturated carbocycles. The molecule has 4 heterocycles. The highest BCUT2D eigenvalue weighted by atomic mass is 19.1. The number of halogens is 2. The van der Waals surface area contributed by atoms with Gasteiger partial charge in [-0.15, -0.1) is 0 Å². The molecule has 2 aliphatic heterocycles. The van der Waals surface area contributed by atoms with Crippen LogP contribution in [0.1, 0.15) is 43.9 Å². The molecule has 2 aromatic carbocycles. The fraction of sp³-hybridized carbons (Fsp3) is 0.419. The largest absolute Gasteiger partial charge is 0.381 e. The molecule has 0 bridgehead atoms. The van der Waals surface area contributed by atoms with E-state index < -0.39 is 0 Å². The molecule has 4 aromatic rings.